The van der Waals surface area contributed by atoms with Gasteiger partial charge in [0.1, 0.15) is 10.7 Å². The van der Waals surface area contributed by atoms with Crippen LogP contribution in [0.3, 0.4) is 0 Å². The van der Waals surface area contributed by atoms with Crippen LogP contribution in [0.25, 0.3) is 0 Å². The van der Waals surface area contributed by atoms with Gasteiger partial charge in [0.05, 0.1) is 17.2 Å². The molecule has 2 N–H and O–H groups in total. The summed E-state index contributed by atoms with van der Waals surface area (Å²) in [6, 6.07) is 3.61. The van der Waals surface area contributed by atoms with Crippen molar-refractivity contribution in [1.29, 1.82) is 0 Å². The minimum absolute atomic E-state index is 0.0349. The van der Waals surface area contributed by atoms with Crippen LogP contribution >= 0.6 is 12.2 Å². The smallest absolute Gasteiger partial charge is 0.152 e. The molecule has 1 unspecified atom stereocenters. The fraction of sp³-hybridized carbons (Fsp3) is 0.455. The highest BCUT2D eigenvalue weighted by Crippen LogP contribution is 2.24. The maximum absolute atomic E-state index is 11.5. The molecule has 0 aromatic carbocycles. The van der Waals surface area contributed by atoms with Gasteiger partial charge in [0.2, 0.25) is 0 Å². The highest BCUT2D eigenvalue weighted by atomic mass is 32.2. The highest BCUT2D eigenvalue weighted by Gasteiger charge is 2.31. The van der Waals surface area contributed by atoms with Gasteiger partial charge in [-0.3, -0.25) is 4.98 Å². The SMILES string of the molecule is CN(c1cccnc1C(N)=S)C1CCS(=O)(=O)C1. The molecule has 0 bridgehead atoms. The second-order valence-corrected chi connectivity index (χ2v) is 7.07. The van der Waals surface area contributed by atoms with Crippen LogP contribution in [0.5, 0.6) is 0 Å². The van der Waals surface area contributed by atoms with Gasteiger partial charge in [-0.1, -0.05) is 12.2 Å². The fourth-order valence-electron chi connectivity index (χ4n) is 2.15. The number of anilines is 1. The molecular weight excluding hydrogens is 270 g/mol. The van der Waals surface area contributed by atoms with Crippen molar-refractivity contribution < 1.29 is 8.42 Å². The summed E-state index contributed by atoms with van der Waals surface area (Å²) >= 11 is 4.96. The number of nitrogens with zero attached hydrogens (tertiary/aromatic N) is 2. The molecule has 0 saturated carbocycles. The maximum Gasteiger partial charge on any atom is 0.152 e. The number of sulfone groups is 1. The summed E-state index contributed by atoms with van der Waals surface area (Å²) in [5.41, 5.74) is 6.95. The third-order valence-electron chi connectivity index (χ3n) is 3.16. The molecule has 1 aliphatic heterocycles. The molecule has 2 heterocycles. The van der Waals surface area contributed by atoms with Crippen LogP contribution in [-0.2, 0) is 9.84 Å². The molecular formula is C11H15N3O2S2. The van der Waals surface area contributed by atoms with Crippen molar-refractivity contribution in [3.8, 4) is 0 Å². The highest BCUT2D eigenvalue weighted by molar-refractivity contribution is 7.91. The van der Waals surface area contributed by atoms with Crippen LogP contribution in [0.4, 0.5) is 5.69 Å². The third kappa shape index (κ3) is 2.62. The number of thiocarbonyl (C=S) groups is 1. The number of nitrogens with two attached hydrogens (primary N) is 1. The Morgan fingerprint density at radius 2 is 2.33 bits per heavy atom. The van der Waals surface area contributed by atoms with Gasteiger partial charge in [0.15, 0.2) is 9.84 Å². The van der Waals surface area contributed by atoms with E-state index in [0.29, 0.717) is 12.1 Å². The van der Waals surface area contributed by atoms with Crippen LogP contribution in [0.2, 0.25) is 0 Å². The van der Waals surface area contributed by atoms with E-state index in [9.17, 15) is 8.42 Å². The zero-order valence-corrected chi connectivity index (χ0v) is 11.7. The Hall–Kier alpha value is -1.21. The molecule has 1 fully saturated rings. The lowest BCUT2D eigenvalue weighted by atomic mass is 10.2. The minimum Gasteiger partial charge on any atom is -0.388 e. The van der Waals surface area contributed by atoms with Crippen molar-refractivity contribution in [2.75, 3.05) is 23.5 Å². The summed E-state index contributed by atoms with van der Waals surface area (Å²) in [5, 5.41) is 0. The predicted molar refractivity (Wildman–Crippen MR) is 75.6 cm³/mol. The van der Waals surface area contributed by atoms with E-state index < -0.39 is 9.84 Å². The fourth-order valence-corrected chi connectivity index (χ4v) is 4.08. The molecule has 2 rings (SSSR count). The Kier molecular flexibility index (Phi) is 3.54. The molecule has 0 amide bonds. The summed E-state index contributed by atoms with van der Waals surface area (Å²) in [7, 11) is -1.06. The van der Waals surface area contributed by atoms with E-state index >= 15 is 0 Å². The van der Waals surface area contributed by atoms with Crippen LogP contribution in [0, 0.1) is 0 Å². The standard InChI is InChI=1S/C11H15N3O2S2/c1-14(8-4-6-18(15,16)7-8)9-3-2-5-13-10(9)11(12)17/h2-3,5,8H,4,6-7H2,1H3,(H2,12,17). The van der Waals surface area contributed by atoms with E-state index in [1.54, 1.807) is 12.3 Å². The van der Waals surface area contributed by atoms with Crippen molar-refractivity contribution in [2.24, 2.45) is 5.73 Å². The zero-order valence-electron chi connectivity index (χ0n) is 10.0. The number of hydrogen-bond donors (Lipinski definition) is 1. The van der Waals surface area contributed by atoms with Gasteiger partial charge in [-0.25, -0.2) is 8.42 Å². The molecule has 1 atom stereocenters. The third-order valence-corrected chi connectivity index (χ3v) is 5.10. The molecule has 7 heteroatoms. The molecule has 1 saturated heterocycles. The van der Waals surface area contributed by atoms with Gasteiger partial charge in [-0.05, 0) is 18.6 Å². The molecule has 0 spiro atoms. The van der Waals surface area contributed by atoms with Crippen molar-refractivity contribution in [1.82, 2.24) is 4.98 Å². The van der Waals surface area contributed by atoms with E-state index in [-0.39, 0.29) is 22.5 Å². The lowest BCUT2D eigenvalue weighted by molar-refractivity contribution is 0.601. The molecule has 18 heavy (non-hydrogen) atoms. The predicted octanol–water partition coefficient (Wildman–Crippen LogP) is 0.339. The first-order valence-electron chi connectivity index (χ1n) is 5.59. The van der Waals surface area contributed by atoms with Gasteiger partial charge < -0.3 is 10.6 Å². The second kappa shape index (κ2) is 4.81. The van der Waals surface area contributed by atoms with Gasteiger partial charge in [0.25, 0.3) is 0 Å². The lowest BCUT2D eigenvalue weighted by Crippen LogP contribution is -2.34. The average molecular weight is 285 g/mol. The van der Waals surface area contributed by atoms with Crippen molar-refractivity contribution in [3.63, 3.8) is 0 Å². The summed E-state index contributed by atoms with van der Waals surface area (Å²) < 4.78 is 23.0. The Morgan fingerprint density at radius 1 is 1.61 bits per heavy atom. The van der Waals surface area contributed by atoms with Crippen LogP contribution in [0.1, 0.15) is 12.1 Å². The first-order valence-corrected chi connectivity index (χ1v) is 7.82. The zero-order chi connectivity index (χ0) is 13.3. The normalized spacial score (nSPS) is 21.7. The van der Waals surface area contributed by atoms with Crippen LogP contribution < -0.4 is 10.6 Å². The van der Waals surface area contributed by atoms with Crippen molar-refractivity contribution in [3.05, 3.63) is 24.0 Å². The monoisotopic (exact) mass is 285 g/mol. The summed E-state index contributed by atoms with van der Waals surface area (Å²) in [4.78, 5) is 6.28. The Morgan fingerprint density at radius 3 is 2.89 bits per heavy atom. The van der Waals surface area contributed by atoms with E-state index in [0.717, 1.165) is 5.69 Å². The average Bonchev–Trinajstić information content (AvgIpc) is 2.68. The van der Waals surface area contributed by atoms with Crippen LogP contribution in [-0.4, -0.2) is 43.0 Å². The minimum atomic E-state index is -2.91. The topological polar surface area (TPSA) is 76.3 Å². The Balaban J connectivity index is 2.30. The number of rotatable bonds is 3. The molecule has 1 aliphatic rings. The first kappa shape index (κ1) is 13.2. The molecule has 1 aromatic rings. The Labute approximate surface area is 112 Å². The maximum atomic E-state index is 11.5. The van der Waals surface area contributed by atoms with Crippen molar-refractivity contribution >= 4 is 32.7 Å². The molecule has 1 aromatic heterocycles. The molecule has 0 aliphatic carbocycles. The quantitative estimate of drug-likeness (QED) is 0.807. The molecule has 5 nitrogen and oxygen atoms in total. The van der Waals surface area contributed by atoms with Gasteiger partial charge in [-0.15, -0.1) is 0 Å². The molecule has 98 valence electrons. The summed E-state index contributed by atoms with van der Waals surface area (Å²) in [5.74, 6) is 0.417. The molecule has 0 radical (unpaired) electrons. The van der Waals surface area contributed by atoms with Gasteiger partial charge in [-0.2, -0.15) is 0 Å². The lowest BCUT2D eigenvalue weighted by Gasteiger charge is -2.26. The summed E-state index contributed by atoms with van der Waals surface area (Å²) in [6.07, 6.45) is 2.25. The number of aromatic nitrogens is 1. The van der Waals surface area contributed by atoms with E-state index in [2.05, 4.69) is 4.98 Å². The Bertz CT molecular complexity index is 571. The van der Waals surface area contributed by atoms with Crippen molar-refractivity contribution in [2.45, 2.75) is 12.5 Å². The first-order chi connectivity index (χ1) is 8.41. The van der Waals surface area contributed by atoms with Gasteiger partial charge in [0, 0.05) is 19.3 Å². The second-order valence-electron chi connectivity index (χ2n) is 4.40. The van der Waals surface area contributed by atoms with E-state index in [1.165, 1.54) is 0 Å². The van der Waals surface area contributed by atoms with Gasteiger partial charge >= 0.3 is 0 Å². The summed E-state index contributed by atoms with van der Waals surface area (Å²) in [6.45, 7) is 0. The largest absolute Gasteiger partial charge is 0.388 e. The van der Waals surface area contributed by atoms with Crippen LogP contribution in [0.15, 0.2) is 18.3 Å². The van der Waals surface area contributed by atoms with E-state index in [4.69, 9.17) is 18.0 Å². The van der Waals surface area contributed by atoms with E-state index in [1.807, 2.05) is 18.0 Å². The number of hydrogen-bond acceptors (Lipinski definition) is 5. The number of pyridine rings is 1.